The Bertz CT molecular complexity index is 1100. The van der Waals surface area contributed by atoms with Gasteiger partial charge in [-0.2, -0.15) is 0 Å². The summed E-state index contributed by atoms with van der Waals surface area (Å²) in [5, 5.41) is 0.665. The van der Waals surface area contributed by atoms with Gasteiger partial charge in [-0.1, -0.05) is 17.7 Å². The molecule has 0 aromatic heterocycles. The van der Waals surface area contributed by atoms with E-state index in [0.717, 1.165) is 16.2 Å². The van der Waals surface area contributed by atoms with Gasteiger partial charge in [-0.05, 0) is 37.3 Å². The number of ether oxygens (including phenoxy) is 2. The second kappa shape index (κ2) is 9.07. The van der Waals surface area contributed by atoms with E-state index in [1.807, 2.05) is 24.3 Å². The summed E-state index contributed by atoms with van der Waals surface area (Å²) >= 11 is 6.09. The molecule has 0 bridgehead atoms. The third kappa shape index (κ3) is 4.73. The van der Waals surface area contributed by atoms with Gasteiger partial charge < -0.3 is 19.3 Å². The van der Waals surface area contributed by atoms with Crippen LogP contribution in [-0.4, -0.2) is 70.9 Å². The van der Waals surface area contributed by atoms with E-state index in [0.29, 0.717) is 61.6 Å². The van der Waals surface area contributed by atoms with Crippen LogP contribution in [0.4, 0.5) is 11.4 Å². The molecule has 1 fully saturated rings. The average molecular weight is 480 g/mol. The van der Waals surface area contributed by atoms with Crippen molar-refractivity contribution in [2.45, 2.75) is 13.0 Å². The summed E-state index contributed by atoms with van der Waals surface area (Å²) in [5.41, 5.74) is 1.38. The third-order valence-electron chi connectivity index (χ3n) is 5.61. The SMILES string of the molecule is C[C@H](C(=O)N1CCN(c2cccc(Cl)c2)CC1)N(c1ccc2c(c1)OCCO2)S(C)(=O)=O. The maximum atomic E-state index is 13.3. The molecule has 2 aliphatic rings. The first-order valence-electron chi connectivity index (χ1n) is 10.4. The van der Waals surface area contributed by atoms with Crippen molar-refractivity contribution in [1.29, 1.82) is 0 Å². The molecule has 0 saturated carbocycles. The number of carbonyl (C=O) groups excluding carboxylic acids is 1. The zero-order valence-corrected chi connectivity index (χ0v) is 19.6. The summed E-state index contributed by atoms with van der Waals surface area (Å²) in [4.78, 5) is 17.1. The van der Waals surface area contributed by atoms with Gasteiger partial charge in [0.2, 0.25) is 15.9 Å². The van der Waals surface area contributed by atoms with Crippen molar-refractivity contribution in [2.24, 2.45) is 0 Å². The number of nitrogens with zero attached hydrogens (tertiary/aromatic N) is 3. The summed E-state index contributed by atoms with van der Waals surface area (Å²) in [6.07, 6.45) is 1.10. The number of hydrogen-bond donors (Lipinski definition) is 0. The molecule has 1 saturated heterocycles. The lowest BCUT2D eigenvalue weighted by molar-refractivity contribution is -0.132. The molecule has 4 rings (SSSR count). The van der Waals surface area contributed by atoms with Gasteiger partial charge in [0.25, 0.3) is 0 Å². The van der Waals surface area contributed by atoms with E-state index in [1.54, 1.807) is 30.0 Å². The zero-order valence-electron chi connectivity index (χ0n) is 18.0. The number of carbonyl (C=O) groups is 1. The fourth-order valence-electron chi connectivity index (χ4n) is 4.09. The van der Waals surface area contributed by atoms with Crippen LogP contribution in [0.2, 0.25) is 5.02 Å². The molecule has 10 heteroatoms. The number of hydrogen-bond acceptors (Lipinski definition) is 6. The molecule has 1 amide bonds. The molecule has 0 unspecified atom stereocenters. The molecule has 8 nitrogen and oxygen atoms in total. The number of benzene rings is 2. The predicted octanol–water partition coefficient (Wildman–Crippen LogP) is 2.61. The molecule has 0 spiro atoms. The molecule has 2 aliphatic heterocycles. The Kier molecular flexibility index (Phi) is 6.39. The third-order valence-corrected chi connectivity index (χ3v) is 7.09. The van der Waals surface area contributed by atoms with E-state index in [4.69, 9.17) is 21.1 Å². The molecule has 0 N–H and O–H groups in total. The van der Waals surface area contributed by atoms with Gasteiger partial charge in [-0.25, -0.2) is 8.42 Å². The van der Waals surface area contributed by atoms with Crippen molar-refractivity contribution in [1.82, 2.24) is 4.90 Å². The quantitative estimate of drug-likeness (QED) is 0.656. The van der Waals surface area contributed by atoms with Crippen molar-refractivity contribution in [3.8, 4) is 11.5 Å². The van der Waals surface area contributed by atoms with Crippen LogP contribution < -0.4 is 18.7 Å². The van der Waals surface area contributed by atoms with E-state index in [2.05, 4.69) is 4.90 Å². The number of amides is 1. The molecular formula is C22H26ClN3O5S. The highest BCUT2D eigenvalue weighted by atomic mass is 35.5. The second-order valence-electron chi connectivity index (χ2n) is 7.85. The van der Waals surface area contributed by atoms with Crippen molar-refractivity contribution < 1.29 is 22.7 Å². The molecule has 32 heavy (non-hydrogen) atoms. The number of anilines is 2. The highest BCUT2D eigenvalue weighted by Crippen LogP contribution is 2.35. The second-order valence-corrected chi connectivity index (χ2v) is 10.2. The van der Waals surface area contributed by atoms with Gasteiger partial charge in [0.05, 0.1) is 11.9 Å². The molecule has 2 heterocycles. The van der Waals surface area contributed by atoms with Crippen LogP contribution in [0.25, 0.3) is 0 Å². The minimum Gasteiger partial charge on any atom is -0.486 e. The minimum absolute atomic E-state index is 0.240. The number of halogens is 1. The Morgan fingerprint density at radius 3 is 2.38 bits per heavy atom. The monoisotopic (exact) mass is 479 g/mol. The van der Waals surface area contributed by atoms with Crippen molar-refractivity contribution >= 4 is 38.9 Å². The molecule has 2 aromatic carbocycles. The van der Waals surface area contributed by atoms with Gasteiger partial charge in [-0.3, -0.25) is 9.10 Å². The Balaban J connectivity index is 1.50. The zero-order chi connectivity index (χ0) is 22.9. The van der Waals surface area contributed by atoms with Crippen molar-refractivity contribution in [3.05, 3.63) is 47.5 Å². The first-order chi connectivity index (χ1) is 15.2. The first-order valence-corrected chi connectivity index (χ1v) is 12.6. The van der Waals surface area contributed by atoms with E-state index in [9.17, 15) is 13.2 Å². The summed E-state index contributed by atoms with van der Waals surface area (Å²) in [6.45, 7) is 4.72. The van der Waals surface area contributed by atoms with Crippen LogP contribution in [0.5, 0.6) is 11.5 Å². The molecular weight excluding hydrogens is 454 g/mol. The fourth-order valence-corrected chi connectivity index (χ4v) is 5.44. The summed E-state index contributed by atoms with van der Waals surface area (Å²) in [6, 6.07) is 11.6. The summed E-state index contributed by atoms with van der Waals surface area (Å²) in [5.74, 6) is 0.790. The van der Waals surface area contributed by atoms with Crippen LogP contribution in [0.1, 0.15) is 6.92 Å². The van der Waals surface area contributed by atoms with Gasteiger partial charge in [0.15, 0.2) is 11.5 Å². The van der Waals surface area contributed by atoms with Crippen molar-refractivity contribution in [3.63, 3.8) is 0 Å². The normalized spacial score (nSPS) is 17.1. The van der Waals surface area contributed by atoms with Gasteiger partial charge >= 0.3 is 0 Å². The number of piperazine rings is 1. The Morgan fingerprint density at radius 1 is 1.03 bits per heavy atom. The largest absolute Gasteiger partial charge is 0.486 e. The maximum Gasteiger partial charge on any atom is 0.246 e. The molecule has 0 aliphatic carbocycles. The van der Waals surface area contributed by atoms with E-state index in [1.165, 1.54) is 0 Å². The minimum atomic E-state index is -3.72. The number of sulfonamides is 1. The highest BCUT2D eigenvalue weighted by molar-refractivity contribution is 7.92. The standard InChI is InChI=1S/C22H26ClN3O5S/c1-16(22(27)25-10-8-24(9-11-25)18-5-3-4-17(23)14-18)26(32(2,28)29)19-6-7-20-21(15-19)31-13-12-30-20/h3-7,14-16H,8-13H2,1-2H3/t16-/m1/s1. The number of fused-ring (bicyclic) bond motifs is 1. The van der Waals surface area contributed by atoms with Crippen LogP contribution in [0.3, 0.4) is 0 Å². The van der Waals surface area contributed by atoms with E-state index >= 15 is 0 Å². The van der Waals surface area contributed by atoms with Crippen LogP contribution >= 0.6 is 11.6 Å². The maximum absolute atomic E-state index is 13.3. The Morgan fingerprint density at radius 2 is 1.72 bits per heavy atom. The van der Waals surface area contributed by atoms with Crippen LogP contribution in [-0.2, 0) is 14.8 Å². The average Bonchev–Trinajstić information content (AvgIpc) is 2.78. The fraction of sp³-hybridized carbons (Fsp3) is 0.409. The Hall–Kier alpha value is -2.65. The van der Waals surface area contributed by atoms with Gasteiger partial charge in [0, 0.05) is 43.0 Å². The lowest BCUT2D eigenvalue weighted by Crippen LogP contribution is -2.55. The lowest BCUT2D eigenvalue weighted by atomic mass is 10.2. The van der Waals surface area contributed by atoms with Crippen LogP contribution in [0, 0.1) is 0 Å². The molecule has 2 aromatic rings. The topological polar surface area (TPSA) is 79.4 Å². The predicted molar refractivity (Wildman–Crippen MR) is 124 cm³/mol. The lowest BCUT2D eigenvalue weighted by Gasteiger charge is -2.39. The van der Waals surface area contributed by atoms with Gasteiger partial charge in [0.1, 0.15) is 19.3 Å². The van der Waals surface area contributed by atoms with E-state index < -0.39 is 16.1 Å². The number of rotatable bonds is 5. The van der Waals surface area contributed by atoms with Crippen molar-refractivity contribution in [2.75, 3.05) is 54.9 Å². The summed E-state index contributed by atoms with van der Waals surface area (Å²) < 4.78 is 37.6. The van der Waals surface area contributed by atoms with E-state index in [-0.39, 0.29) is 5.91 Å². The molecule has 0 radical (unpaired) electrons. The molecule has 172 valence electrons. The molecule has 1 atom stereocenters. The smallest absolute Gasteiger partial charge is 0.246 e. The van der Waals surface area contributed by atoms with Crippen LogP contribution in [0.15, 0.2) is 42.5 Å². The Labute approximate surface area is 193 Å². The summed E-state index contributed by atoms with van der Waals surface area (Å²) in [7, 11) is -3.72. The first kappa shape index (κ1) is 22.5. The van der Waals surface area contributed by atoms with Gasteiger partial charge in [-0.15, -0.1) is 0 Å². The highest BCUT2D eigenvalue weighted by Gasteiger charge is 2.34.